The van der Waals surface area contributed by atoms with Crippen molar-refractivity contribution in [2.45, 2.75) is 51.7 Å². The number of nitrogens with two attached hydrogens (primary N) is 1. The van der Waals surface area contributed by atoms with E-state index in [-0.39, 0.29) is 17.9 Å². The fraction of sp³-hybridized carbons (Fsp3) is 0.650. The maximum Gasteiger partial charge on any atom is 0.416 e. The van der Waals surface area contributed by atoms with E-state index in [1.165, 1.54) is 18.6 Å². The van der Waals surface area contributed by atoms with Gasteiger partial charge in [0.15, 0.2) is 0 Å². The number of hydrogen-bond donors (Lipinski definition) is 1. The molecule has 1 saturated heterocycles. The Bertz CT molecular complexity index is 613. The first kappa shape index (κ1) is 21.5. The molecule has 2 aliphatic rings. The Morgan fingerprint density at radius 1 is 1.15 bits per heavy atom. The fourth-order valence-electron chi connectivity index (χ4n) is 3.56. The van der Waals surface area contributed by atoms with Crippen LogP contribution in [0.5, 0.6) is 0 Å². The van der Waals surface area contributed by atoms with Crippen LogP contribution in [-0.2, 0) is 11.0 Å². The largest absolute Gasteiger partial charge is 0.416 e. The van der Waals surface area contributed by atoms with Gasteiger partial charge in [0.2, 0.25) is 5.91 Å². The molecule has 7 heteroatoms. The van der Waals surface area contributed by atoms with Gasteiger partial charge in [-0.1, -0.05) is 26.3 Å². The van der Waals surface area contributed by atoms with E-state index in [2.05, 4.69) is 13.8 Å². The van der Waals surface area contributed by atoms with E-state index in [9.17, 15) is 18.0 Å². The number of nitrogens with zero attached hydrogens (tertiary/aromatic N) is 2. The molecule has 27 heavy (non-hydrogen) atoms. The average Bonchev–Trinajstić information content (AvgIpc) is 3.08. The molecule has 1 aliphatic carbocycles. The van der Waals surface area contributed by atoms with Gasteiger partial charge in [-0.2, -0.15) is 13.2 Å². The summed E-state index contributed by atoms with van der Waals surface area (Å²) in [6.07, 6.45) is -0.615. The Balaban J connectivity index is 0.000000817. The molecule has 0 spiro atoms. The van der Waals surface area contributed by atoms with Gasteiger partial charge in [-0.25, -0.2) is 0 Å². The third-order valence-corrected chi connectivity index (χ3v) is 4.95. The molecule has 4 nitrogen and oxygen atoms in total. The zero-order chi connectivity index (χ0) is 20.0. The molecule has 2 atom stereocenters. The van der Waals surface area contributed by atoms with Gasteiger partial charge in [0.1, 0.15) is 0 Å². The quantitative estimate of drug-likeness (QED) is 0.840. The van der Waals surface area contributed by atoms with Crippen molar-refractivity contribution >= 4 is 11.6 Å². The molecule has 1 amide bonds. The van der Waals surface area contributed by atoms with Crippen LogP contribution in [-0.4, -0.2) is 43.0 Å². The molecule has 152 valence electrons. The fourth-order valence-corrected chi connectivity index (χ4v) is 3.56. The van der Waals surface area contributed by atoms with Crippen molar-refractivity contribution in [3.05, 3.63) is 29.8 Å². The van der Waals surface area contributed by atoms with Crippen LogP contribution in [0.2, 0.25) is 0 Å². The highest BCUT2D eigenvalue weighted by molar-refractivity contribution is 5.79. The smallest absolute Gasteiger partial charge is 0.368 e. The summed E-state index contributed by atoms with van der Waals surface area (Å²) < 4.78 is 38.5. The number of amides is 1. The van der Waals surface area contributed by atoms with Crippen molar-refractivity contribution in [1.82, 2.24) is 4.90 Å². The summed E-state index contributed by atoms with van der Waals surface area (Å²) in [4.78, 5) is 16.2. The summed E-state index contributed by atoms with van der Waals surface area (Å²) in [6, 6.07) is 5.48. The summed E-state index contributed by atoms with van der Waals surface area (Å²) in [6.45, 7) is 6.43. The van der Waals surface area contributed by atoms with Gasteiger partial charge in [-0.3, -0.25) is 4.79 Å². The standard InChI is InChI=1S/C17H22F3N3O.C3H8/c18-17(19,20)13-2-1-3-15(11-13)22-6-8-23(9-7-22)16(24)12-4-5-14(21)10-12;1-3-2/h1-3,11-12,14H,4-10,21H2;3H2,1-2H3/t12?,14-;/m1./s1. The molecule has 1 aromatic carbocycles. The highest BCUT2D eigenvalue weighted by Gasteiger charge is 2.33. The van der Waals surface area contributed by atoms with Crippen molar-refractivity contribution < 1.29 is 18.0 Å². The van der Waals surface area contributed by atoms with Gasteiger partial charge in [0.05, 0.1) is 5.56 Å². The van der Waals surface area contributed by atoms with Crippen LogP contribution in [0.3, 0.4) is 0 Å². The van der Waals surface area contributed by atoms with Crippen LogP contribution in [0.25, 0.3) is 0 Å². The second kappa shape index (κ2) is 9.44. The summed E-state index contributed by atoms with van der Waals surface area (Å²) >= 11 is 0. The lowest BCUT2D eigenvalue weighted by Crippen LogP contribution is -2.50. The zero-order valence-electron chi connectivity index (χ0n) is 16.1. The number of anilines is 1. The lowest BCUT2D eigenvalue weighted by Gasteiger charge is -2.37. The molecule has 3 rings (SSSR count). The Hall–Kier alpha value is -1.76. The summed E-state index contributed by atoms with van der Waals surface area (Å²) in [5.74, 6) is 0.159. The predicted molar refractivity (Wildman–Crippen MR) is 102 cm³/mol. The SMILES string of the molecule is CCC.N[C@@H]1CCC(C(=O)N2CCN(c3cccc(C(F)(F)F)c3)CC2)C1. The van der Waals surface area contributed by atoms with E-state index >= 15 is 0 Å². The number of rotatable bonds is 2. The van der Waals surface area contributed by atoms with Crippen LogP contribution in [0.15, 0.2) is 24.3 Å². The van der Waals surface area contributed by atoms with E-state index < -0.39 is 11.7 Å². The van der Waals surface area contributed by atoms with Gasteiger partial charge >= 0.3 is 6.18 Å². The second-order valence-corrected chi connectivity index (χ2v) is 7.34. The highest BCUT2D eigenvalue weighted by atomic mass is 19.4. The summed E-state index contributed by atoms with van der Waals surface area (Å²) in [7, 11) is 0. The maximum atomic E-state index is 12.8. The summed E-state index contributed by atoms with van der Waals surface area (Å²) in [5, 5.41) is 0. The molecule has 0 radical (unpaired) electrons. The summed E-state index contributed by atoms with van der Waals surface area (Å²) in [5.41, 5.74) is 5.78. The Morgan fingerprint density at radius 3 is 2.30 bits per heavy atom. The number of benzene rings is 1. The highest BCUT2D eigenvalue weighted by Crippen LogP contribution is 2.32. The molecule has 0 aromatic heterocycles. The van der Waals surface area contributed by atoms with E-state index in [1.54, 1.807) is 6.07 Å². The van der Waals surface area contributed by atoms with E-state index in [1.807, 2.05) is 9.80 Å². The topological polar surface area (TPSA) is 49.6 Å². The minimum Gasteiger partial charge on any atom is -0.368 e. The van der Waals surface area contributed by atoms with Crippen molar-refractivity contribution in [2.75, 3.05) is 31.1 Å². The molecular formula is C20H30F3N3O. The molecule has 1 aliphatic heterocycles. The Kier molecular flexibility index (Phi) is 7.53. The van der Waals surface area contributed by atoms with Crippen LogP contribution < -0.4 is 10.6 Å². The Morgan fingerprint density at radius 2 is 1.78 bits per heavy atom. The zero-order valence-corrected chi connectivity index (χ0v) is 16.1. The molecule has 1 heterocycles. The van der Waals surface area contributed by atoms with E-state index in [0.717, 1.165) is 25.3 Å². The minimum absolute atomic E-state index is 0.0140. The molecule has 1 aromatic rings. The number of piperazine rings is 1. The Labute approximate surface area is 159 Å². The van der Waals surface area contributed by atoms with E-state index in [4.69, 9.17) is 5.73 Å². The number of halogens is 3. The molecular weight excluding hydrogens is 355 g/mol. The first-order valence-corrected chi connectivity index (χ1v) is 9.72. The van der Waals surface area contributed by atoms with Crippen LogP contribution in [0, 0.1) is 5.92 Å². The predicted octanol–water partition coefficient (Wildman–Crippen LogP) is 3.90. The van der Waals surface area contributed by atoms with Gasteiger partial charge in [-0.05, 0) is 37.5 Å². The number of alkyl halides is 3. The molecule has 2 fully saturated rings. The normalized spacial score (nSPS) is 23.0. The monoisotopic (exact) mass is 385 g/mol. The molecule has 0 bridgehead atoms. The van der Waals surface area contributed by atoms with Crippen molar-refractivity contribution in [2.24, 2.45) is 11.7 Å². The first-order valence-electron chi connectivity index (χ1n) is 9.72. The van der Waals surface area contributed by atoms with Crippen LogP contribution >= 0.6 is 0 Å². The van der Waals surface area contributed by atoms with Gasteiger partial charge in [0, 0.05) is 43.8 Å². The van der Waals surface area contributed by atoms with Crippen molar-refractivity contribution in [3.8, 4) is 0 Å². The second-order valence-electron chi connectivity index (χ2n) is 7.34. The van der Waals surface area contributed by atoms with Crippen LogP contribution in [0.1, 0.15) is 45.1 Å². The average molecular weight is 385 g/mol. The maximum absolute atomic E-state index is 12.8. The molecule has 2 N–H and O–H groups in total. The van der Waals surface area contributed by atoms with Gasteiger partial charge < -0.3 is 15.5 Å². The van der Waals surface area contributed by atoms with Gasteiger partial charge in [0.25, 0.3) is 0 Å². The molecule has 1 saturated carbocycles. The number of carbonyl (C=O) groups excluding carboxylic acids is 1. The third-order valence-electron chi connectivity index (χ3n) is 4.95. The first-order chi connectivity index (χ1) is 12.8. The lowest BCUT2D eigenvalue weighted by atomic mass is 10.1. The van der Waals surface area contributed by atoms with Crippen molar-refractivity contribution in [3.63, 3.8) is 0 Å². The number of carbonyl (C=O) groups is 1. The minimum atomic E-state index is -4.34. The molecule has 1 unspecified atom stereocenters. The van der Waals surface area contributed by atoms with E-state index in [0.29, 0.717) is 31.9 Å². The van der Waals surface area contributed by atoms with Crippen LogP contribution in [0.4, 0.5) is 18.9 Å². The van der Waals surface area contributed by atoms with Gasteiger partial charge in [-0.15, -0.1) is 0 Å². The van der Waals surface area contributed by atoms with Crippen molar-refractivity contribution in [1.29, 1.82) is 0 Å². The number of hydrogen-bond acceptors (Lipinski definition) is 3. The lowest BCUT2D eigenvalue weighted by molar-refractivity contribution is -0.137. The third kappa shape index (κ3) is 5.86.